The zero-order chi connectivity index (χ0) is 12.8. The number of hydrogen-bond donors (Lipinski definition) is 1. The van der Waals surface area contributed by atoms with Crippen molar-refractivity contribution in [2.75, 3.05) is 20.8 Å². The highest BCUT2D eigenvalue weighted by atomic mass is 19.3. The van der Waals surface area contributed by atoms with Crippen molar-refractivity contribution in [2.24, 2.45) is 5.73 Å². The van der Waals surface area contributed by atoms with E-state index in [1.807, 2.05) is 0 Å². The average molecular weight is 243 g/mol. The van der Waals surface area contributed by atoms with Crippen LogP contribution in [0.1, 0.15) is 17.6 Å². The molecule has 5 heteroatoms. The average Bonchev–Trinajstić information content (AvgIpc) is 2.34. The Labute approximate surface area is 98.8 Å². The second kappa shape index (κ2) is 6.20. The quantitative estimate of drug-likeness (QED) is 0.864. The summed E-state index contributed by atoms with van der Waals surface area (Å²) in [4.78, 5) is 0. The van der Waals surface area contributed by atoms with Crippen LogP contribution in [-0.2, 0) is 0 Å². The van der Waals surface area contributed by atoms with E-state index in [0.717, 1.165) is 0 Å². The van der Waals surface area contributed by atoms with E-state index in [9.17, 15) is 8.78 Å². The number of halogens is 2. The lowest BCUT2D eigenvalue weighted by Crippen LogP contribution is -1.97. The van der Waals surface area contributed by atoms with Gasteiger partial charge in [-0.1, -0.05) is 12.2 Å². The molecule has 3 nitrogen and oxygen atoms in total. The lowest BCUT2D eigenvalue weighted by atomic mass is 10.1. The number of ether oxygens (including phenoxy) is 2. The summed E-state index contributed by atoms with van der Waals surface area (Å²) in [5.74, 6) is 0.698. The Balaban J connectivity index is 3.31. The molecule has 1 aromatic rings. The van der Waals surface area contributed by atoms with Crippen LogP contribution in [0.2, 0.25) is 0 Å². The number of rotatable bonds is 5. The van der Waals surface area contributed by atoms with Crippen molar-refractivity contribution < 1.29 is 18.3 Å². The maximum absolute atomic E-state index is 12.7. The van der Waals surface area contributed by atoms with Gasteiger partial charge in [-0.25, -0.2) is 8.78 Å². The normalized spacial score (nSPS) is 11.2. The molecule has 0 heterocycles. The zero-order valence-electron chi connectivity index (χ0n) is 9.74. The molecule has 0 aromatic heterocycles. The van der Waals surface area contributed by atoms with E-state index in [4.69, 9.17) is 15.2 Å². The van der Waals surface area contributed by atoms with Gasteiger partial charge in [0.1, 0.15) is 0 Å². The molecule has 0 bridgehead atoms. The third-order valence-electron chi connectivity index (χ3n) is 2.22. The van der Waals surface area contributed by atoms with Crippen LogP contribution in [0.4, 0.5) is 8.78 Å². The van der Waals surface area contributed by atoms with E-state index in [0.29, 0.717) is 17.9 Å². The molecule has 0 radical (unpaired) electrons. The highest BCUT2D eigenvalue weighted by Crippen LogP contribution is 2.36. The fraction of sp³-hybridized carbons (Fsp3) is 0.333. The second-order valence-electron chi connectivity index (χ2n) is 3.28. The molecule has 0 fully saturated rings. The minimum Gasteiger partial charge on any atom is -0.493 e. The van der Waals surface area contributed by atoms with Gasteiger partial charge in [0.15, 0.2) is 11.5 Å². The van der Waals surface area contributed by atoms with Crippen LogP contribution in [0.15, 0.2) is 18.2 Å². The molecule has 0 aliphatic heterocycles. The van der Waals surface area contributed by atoms with E-state index >= 15 is 0 Å². The first kappa shape index (κ1) is 13.4. The minimum absolute atomic E-state index is 0.112. The lowest BCUT2D eigenvalue weighted by molar-refractivity contribution is 0.151. The van der Waals surface area contributed by atoms with E-state index in [1.165, 1.54) is 26.4 Å². The number of hydrogen-bond acceptors (Lipinski definition) is 3. The van der Waals surface area contributed by atoms with Gasteiger partial charge in [-0.2, -0.15) is 0 Å². The monoisotopic (exact) mass is 243 g/mol. The Morgan fingerprint density at radius 3 is 2.47 bits per heavy atom. The number of alkyl halides is 2. The minimum atomic E-state index is -2.56. The van der Waals surface area contributed by atoms with Crippen LogP contribution < -0.4 is 15.2 Å². The molecule has 1 aromatic carbocycles. The van der Waals surface area contributed by atoms with Gasteiger partial charge < -0.3 is 15.2 Å². The first-order chi connectivity index (χ1) is 8.13. The molecular formula is C12H15F2NO2. The van der Waals surface area contributed by atoms with Crippen LogP contribution in [0, 0.1) is 0 Å². The Morgan fingerprint density at radius 1 is 1.29 bits per heavy atom. The smallest absolute Gasteiger partial charge is 0.264 e. The SMILES string of the molecule is COc1cc(C(F)F)cc(/C=C/CN)c1OC. The number of nitrogens with two attached hydrogens (primary N) is 1. The Bertz CT molecular complexity index is 406. The van der Waals surface area contributed by atoms with Crippen molar-refractivity contribution in [3.8, 4) is 11.5 Å². The van der Waals surface area contributed by atoms with Crippen molar-refractivity contribution in [2.45, 2.75) is 6.43 Å². The van der Waals surface area contributed by atoms with Crippen LogP contribution >= 0.6 is 0 Å². The van der Waals surface area contributed by atoms with Gasteiger partial charge in [-0.05, 0) is 12.1 Å². The predicted octanol–water partition coefficient (Wildman–Crippen LogP) is 2.61. The molecule has 17 heavy (non-hydrogen) atoms. The first-order valence-corrected chi connectivity index (χ1v) is 5.04. The lowest BCUT2D eigenvalue weighted by Gasteiger charge is -2.12. The van der Waals surface area contributed by atoms with E-state index in [-0.39, 0.29) is 11.3 Å². The summed E-state index contributed by atoms with van der Waals surface area (Å²) in [6, 6.07) is 2.63. The summed E-state index contributed by atoms with van der Waals surface area (Å²) in [5, 5.41) is 0. The molecule has 1 rings (SSSR count). The summed E-state index contributed by atoms with van der Waals surface area (Å²) in [6.07, 6.45) is 0.736. The van der Waals surface area contributed by atoms with Crippen molar-refractivity contribution in [1.29, 1.82) is 0 Å². The molecule has 0 unspecified atom stereocenters. The highest BCUT2D eigenvalue weighted by Gasteiger charge is 2.15. The van der Waals surface area contributed by atoms with Gasteiger partial charge in [-0.15, -0.1) is 0 Å². The van der Waals surface area contributed by atoms with Crippen molar-refractivity contribution >= 4 is 6.08 Å². The third kappa shape index (κ3) is 3.17. The second-order valence-corrected chi connectivity index (χ2v) is 3.28. The fourth-order valence-electron chi connectivity index (χ4n) is 1.46. The summed E-state index contributed by atoms with van der Waals surface area (Å²) in [5.41, 5.74) is 5.74. The van der Waals surface area contributed by atoms with Crippen LogP contribution in [0.3, 0.4) is 0 Å². The summed E-state index contributed by atoms with van der Waals surface area (Å²) in [7, 11) is 2.86. The molecule has 0 aliphatic rings. The van der Waals surface area contributed by atoms with E-state index in [1.54, 1.807) is 12.2 Å². The molecule has 0 saturated heterocycles. The number of benzene rings is 1. The Hall–Kier alpha value is -1.62. The van der Waals surface area contributed by atoms with Crippen molar-refractivity contribution in [3.05, 3.63) is 29.3 Å². The largest absolute Gasteiger partial charge is 0.493 e. The summed E-state index contributed by atoms with van der Waals surface area (Å²) < 4.78 is 35.5. The zero-order valence-corrected chi connectivity index (χ0v) is 9.74. The van der Waals surface area contributed by atoms with Gasteiger partial charge in [-0.3, -0.25) is 0 Å². The van der Waals surface area contributed by atoms with Gasteiger partial charge in [0, 0.05) is 17.7 Å². The topological polar surface area (TPSA) is 44.5 Å². The van der Waals surface area contributed by atoms with Gasteiger partial charge in [0.2, 0.25) is 0 Å². The van der Waals surface area contributed by atoms with Crippen LogP contribution in [0.5, 0.6) is 11.5 Å². The van der Waals surface area contributed by atoms with Crippen molar-refractivity contribution in [1.82, 2.24) is 0 Å². The van der Waals surface area contributed by atoms with Gasteiger partial charge in [0.05, 0.1) is 14.2 Å². The molecule has 0 aliphatic carbocycles. The first-order valence-electron chi connectivity index (χ1n) is 5.04. The van der Waals surface area contributed by atoms with Crippen LogP contribution in [0.25, 0.3) is 6.08 Å². The third-order valence-corrected chi connectivity index (χ3v) is 2.22. The Morgan fingerprint density at radius 2 is 2.00 bits per heavy atom. The fourth-order valence-corrected chi connectivity index (χ4v) is 1.46. The molecular weight excluding hydrogens is 228 g/mol. The predicted molar refractivity (Wildman–Crippen MR) is 62.6 cm³/mol. The molecule has 0 spiro atoms. The van der Waals surface area contributed by atoms with E-state index < -0.39 is 6.43 Å². The standard InChI is InChI=1S/C12H15F2NO2/c1-16-10-7-9(12(13)14)6-8(4-3-5-15)11(10)17-2/h3-4,6-7,12H,5,15H2,1-2H3/b4-3+. The maximum atomic E-state index is 12.7. The van der Waals surface area contributed by atoms with Crippen LogP contribution in [-0.4, -0.2) is 20.8 Å². The Kier molecular flexibility index (Phi) is 4.90. The maximum Gasteiger partial charge on any atom is 0.264 e. The van der Waals surface area contributed by atoms with E-state index in [2.05, 4.69) is 0 Å². The molecule has 2 N–H and O–H groups in total. The molecule has 94 valence electrons. The summed E-state index contributed by atoms with van der Waals surface area (Å²) >= 11 is 0. The highest BCUT2D eigenvalue weighted by molar-refractivity contribution is 5.64. The van der Waals surface area contributed by atoms with Gasteiger partial charge >= 0.3 is 0 Å². The molecule has 0 saturated carbocycles. The molecule has 0 atom stereocenters. The molecule has 0 amide bonds. The van der Waals surface area contributed by atoms with Gasteiger partial charge in [0.25, 0.3) is 6.43 Å². The number of methoxy groups -OCH3 is 2. The van der Waals surface area contributed by atoms with Crippen molar-refractivity contribution in [3.63, 3.8) is 0 Å². The summed E-state index contributed by atoms with van der Waals surface area (Å²) in [6.45, 7) is 0.324.